The van der Waals surface area contributed by atoms with E-state index in [-0.39, 0.29) is 10.8 Å². The van der Waals surface area contributed by atoms with Crippen LogP contribution in [-0.2, 0) is 16.6 Å². The molecule has 0 spiro atoms. The second-order valence-corrected chi connectivity index (χ2v) is 8.04. The van der Waals surface area contributed by atoms with E-state index in [2.05, 4.69) is 15.0 Å². The lowest BCUT2D eigenvalue weighted by atomic mass is 10.1. The SMILES string of the molecule is COc1ccc(S(=O)(=O)Nc2cc(C(=O)NCc3cccnc3)ccc2C)cc1. The lowest BCUT2D eigenvalue weighted by molar-refractivity contribution is 0.0951. The van der Waals surface area contributed by atoms with Gasteiger partial charge in [-0.05, 0) is 60.5 Å². The van der Waals surface area contributed by atoms with Crippen LogP contribution < -0.4 is 14.8 Å². The third kappa shape index (κ3) is 5.11. The van der Waals surface area contributed by atoms with Crippen molar-refractivity contribution in [1.82, 2.24) is 10.3 Å². The summed E-state index contributed by atoms with van der Waals surface area (Å²) in [5, 5.41) is 2.80. The van der Waals surface area contributed by atoms with E-state index in [0.717, 1.165) is 5.56 Å². The van der Waals surface area contributed by atoms with Crippen molar-refractivity contribution in [3.63, 3.8) is 0 Å². The lowest BCUT2D eigenvalue weighted by Gasteiger charge is -2.13. The molecule has 3 aromatic rings. The molecule has 2 aromatic carbocycles. The first-order valence-corrected chi connectivity index (χ1v) is 10.3. The number of rotatable bonds is 7. The van der Waals surface area contributed by atoms with Crippen molar-refractivity contribution in [2.24, 2.45) is 0 Å². The van der Waals surface area contributed by atoms with Crippen LogP contribution in [-0.4, -0.2) is 26.4 Å². The molecule has 1 aromatic heterocycles. The Morgan fingerprint density at radius 2 is 1.86 bits per heavy atom. The van der Waals surface area contributed by atoms with Gasteiger partial charge in [0, 0.05) is 24.5 Å². The molecular weight excluding hydrogens is 390 g/mol. The summed E-state index contributed by atoms with van der Waals surface area (Å²) in [4.78, 5) is 16.6. The molecule has 0 aliphatic heterocycles. The van der Waals surface area contributed by atoms with Gasteiger partial charge in [-0.2, -0.15) is 0 Å². The highest BCUT2D eigenvalue weighted by Gasteiger charge is 2.17. The smallest absolute Gasteiger partial charge is 0.261 e. The number of hydrogen-bond acceptors (Lipinski definition) is 5. The van der Waals surface area contributed by atoms with Crippen LogP contribution in [0.5, 0.6) is 5.75 Å². The van der Waals surface area contributed by atoms with E-state index in [1.807, 2.05) is 6.07 Å². The van der Waals surface area contributed by atoms with Crippen molar-refractivity contribution in [3.05, 3.63) is 83.7 Å². The zero-order valence-corrected chi connectivity index (χ0v) is 16.9. The number of hydrogen-bond donors (Lipinski definition) is 2. The van der Waals surface area contributed by atoms with E-state index in [1.54, 1.807) is 49.6 Å². The maximum Gasteiger partial charge on any atom is 0.261 e. The van der Waals surface area contributed by atoms with E-state index in [1.165, 1.54) is 25.3 Å². The number of benzene rings is 2. The summed E-state index contributed by atoms with van der Waals surface area (Å²) in [6.45, 7) is 2.09. The molecule has 0 aliphatic rings. The highest BCUT2D eigenvalue weighted by molar-refractivity contribution is 7.92. The van der Waals surface area contributed by atoms with Crippen LogP contribution in [0.4, 0.5) is 5.69 Å². The summed E-state index contributed by atoms with van der Waals surface area (Å²) in [5.74, 6) is 0.256. The predicted octanol–water partition coefficient (Wildman–Crippen LogP) is 3.13. The lowest BCUT2D eigenvalue weighted by Crippen LogP contribution is -2.23. The number of aromatic nitrogens is 1. The normalized spacial score (nSPS) is 11.0. The van der Waals surface area contributed by atoms with Crippen LogP contribution in [0, 0.1) is 6.92 Å². The Morgan fingerprint density at radius 3 is 2.52 bits per heavy atom. The third-order valence-corrected chi connectivity index (χ3v) is 5.67. The molecule has 7 nitrogen and oxygen atoms in total. The van der Waals surface area contributed by atoms with Crippen molar-refractivity contribution < 1.29 is 17.9 Å². The molecule has 8 heteroatoms. The number of amides is 1. The van der Waals surface area contributed by atoms with Gasteiger partial charge in [0.1, 0.15) is 5.75 Å². The molecule has 150 valence electrons. The Balaban J connectivity index is 1.76. The topological polar surface area (TPSA) is 97.4 Å². The van der Waals surface area contributed by atoms with Crippen molar-refractivity contribution in [2.45, 2.75) is 18.4 Å². The fraction of sp³-hybridized carbons (Fsp3) is 0.143. The molecule has 0 aliphatic carbocycles. The highest BCUT2D eigenvalue weighted by atomic mass is 32.2. The van der Waals surface area contributed by atoms with Crippen LogP contribution in [0.25, 0.3) is 0 Å². The number of nitrogens with one attached hydrogen (secondary N) is 2. The highest BCUT2D eigenvalue weighted by Crippen LogP contribution is 2.23. The number of carbonyl (C=O) groups is 1. The predicted molar refractivity (Wildman–Crippen MR) is 110 cm³/mol. The molecule has 3 rings (SSSR count). The number of ether oxygens (including phenoxy) is 1. The molecule has 0 atom stereocenters. The average molecular weight is 411 g/mol. The number of nitrogens with zero attached hydrogens (tertiary/aromatic N) is 1. The van der Waals surface area contributed by atoms with Gasteiger partial charge < -0.3 is 10.1 Å². The number of methoxy groups -OCH3 is 1. The molecule has 0 radical (unpaired) electrons. The van der Waals surface area contributed by atoms with Crippen molar-refractivity contribution in [3.8, 4) is 5.75 Å². The first kappa shape index (κ1) is 20.3. The zero-order valence-electron chi connectivity index (χ0n) is 16.0. The number of pyridine rings is 1. The summed E-state index contributed by atoms with van der Waals surface area (Å²) >= 11 is 0. The van der Waals surface area contributed by atoms with E-state index in [9.17, 15) is 13.2 Å². The van der Waals surface area contributed by atoms with E-state index < -0.39 is 10.0 Å². The van der Waals surface area contributed by atoms with Crippen LogP contribution in [0.2, 0.25) is 0 Å². The molecule has 0 saturated heterocycles. The summed E-state index contributed by atoms with van der Waals surface area (Å²) in [7, 11) is -2.29. The first-order valence-electron chi connectivity index (χ1n) is 8.84. The Hall–Kier alpha value is -3.39. The second kappa shape index (κ2) is 8.74. The van der Waals surface area contributed by atoms with Crippen molar-refractivity contribution in [1.29, 1.82) is 0 Å². The Bertz CT molecular complexity index is 1100. The number of anilines is 1. The first-order chi connectivity index (χ1) is 13.9. The zero-order chi connectivity index (χ0) is 20.9. The average Bonchev–Trinajstić information content (AvgIpc) is 2.74. The van der Waals surface area contributed by atoms with Crippen LogP contribution in [0.3, 0.4) is 0 Å². The van der Waals surface area contributed by atoms with Crippen LogP contribution in [0.1, 0.15) is 21.5 Å². The van der Waals surface area contributed by atoms with E-state index in [0.29, 0.717) is 29.1 Å². The standard InChI is InChI=1S/C21H21N3O4S/c1-15-5-6-17(21(25)23-14-16-4-3-11-22-13-16)12-20(15)24-29(26,27)19-9-7-18(28-2)8-10-19/h3-13,24H,14H2,1-2H3,(H,23,25). The molecule has 2 N–H and O–H groups in total. The van der Waals surface area contributed by atoms with Gasteiger partial charge in [0.05, 0.1) is 17.7 Å². The van der Waals surface area contributed by atoms with E-state index >= 15 is 0 Å². The molecule has 1 heterocycles. The van der Waals surface area contributed by atoms with Gasteiger partial charge in [-0.15, -0.1) is 0 Å². The van der Waals surface area contributed by atoms with Gasteiger partial charge >= 0.3 is 0 Å². The maximum absolute atomic E-state index is 12.7. The summed E-state index contributed by atoms with van der Waals surface area (Å²) in [5.41, 5.74) is 2.26. The maximum atomic E-state index is 12.7. The minimum absolute atomic E-state index is 0.101. The number of carbonyl (C=O) groups excluding carboxylic acids is 1. The van der Waals surface area contributed by atoms with Crippen molar-refractivity contribution in [2.75, 3.05) is 11.8 Å². The van der Waals surface area contributed by atoms with Gasteiger partial charge in [0.25, 0.3) is 15.9 Å². The monoisotopic (exact) mass is 411 g/mol. The van der Waals surface area contributed by atoms with Crippen molar-refractivity contribution >= 4 is 21.6 Å². The molecule has 0 saturated carbocycles. The molecular formula is C21H21N3O4S. The van der Waals surface area contributed by atoms with Gasteiger partial charge in [0.15, 0.2) is 0 Å². The van der Waals surface area contributed by atoms with Gasteiger partial charge in [-0.25, -0.2) is 8.42 Å². The molecule has 29 heavy (non-hydrogen) atoms. The van der Waals surface area contributed by atoms with Crippen LogP contribution >= 0.6 is 0 Å². The largest absolute Gasteiger partial charge is 0.497 e. The fourth-order valence-corrected chi connectivity index (χ4v) is 3.74. The fourth-order valence-electron chi connectivity index (χ4n) is 2.62. The molecule has 1 amide bonds. The van der Waals surface area contributed by atoms with Gasteiger partial charge in [-0.1, -0.05) is 12.1 Å². The van der Waals surface area contributed by atoms with Crippen LogP contribution in [0.15, 0.2) is 71.9 Å². The number of sulfonamides is 1. The quantitative estimate of drug-likeness (QED) is 0.623. The second-order valence-electron chi connectivity index (χ2n) is 6.35. The molecule has 0 unspecified atom stereocenters. The Morgan fingerprint density at radius 1 is 1.10 bits per heavy atom. The van der Waals surface area contributed by atoms with E-state index in [4.69, 9.17) is 4.74 Å². The minimum atomic E-state index is -3.80. The minimum Gasteiger partial charge on any atom is -0.497 e. The summed E-state index contributed by atoms with van der Waals surface area (Å²) in [6.07, 6.45) is 3.33. The molecule has 0 bridgehead atoms. The van der Waals surface area contributed by atoms with Gasteiger partial charge in [-0.3, -0.25) is 14.5 Å². The Labute approximate surface area is 169 Å². The third-order valence-electron chi connectivity index (χ3n) is 4.29. The summed E-state index contributed by atoms with van der Waals surface area (Å²) in [6, 6.07) is 14.6. The molecule has 0 fully saturated rings. The number of aryl methyl sites for hydroxylation is 1. The summed E-state index contributed by atoms with van der Waals surface area (Å²) < 4.78 is 33.0. The Kier molecular flexibility index (Phi) is 6.13. The van der Waals surface area contributed by atoms with Gasteiger partial charge in [0.2, 0.25) is 0 Å².